The molecule has 1 N–H and O–H groups in total. The van der Waals surface area contributed by atoms with Crippen molar-refractivity contribution >= 4 is 11.8 Å². The summed E-state index contributed by atoms with van der Waals surface area (Å²) in [5.41, 5.74) is 2.73. The molecule has 2 unspecified atom stereocenters. The predicted octanol–water partition coefficient (Wildman–Crippen LogP) is 3.64. The van der Waals surface area contributed by atoms with Crippen LogP contribution >= 0.6 is 11.8 Å². The molecule has 0 bridgehead atoms. The number of aliphatic hydroxyl groups is 1. The maximum Gasteiger partial charge on any atom is 0.0812 e. The summed E-state index contributed by atoms with van der Waals surface area (Å²) in [6.07, 6.45) is 7.21. The van der Waals surface area contributed by atoms with Crippen LogP contribution in [0, 0.1) is 5.41 Å². The second kappa shape index (κ2) is 5.30. The Hall–Kier alpha value is -0.410. The summed E-state index contributed by atoms with van der Waals surface area (Å²) in [5, 5.41) is 10.9. The van der Waals surface area contributed by atoms with Gasteiger partial charge in [-0.2, -0.15) is 11.8 Å². The van der Waals surface area contributed by atoms with Crippen LogP contribution in [0.15, 0.2) is 12.3 Å². The van der Waals surface area contributed by atoms with Gasteiger partial charge in [-0.1, -0.05) is 20.8 Å². The van der Waals surface area contributed by atoms with Gasteiger partial charge in [0.2, 0.25) is 0 Å². The zero-order chi connectivity index (χ0) is 13.3. The molecule has 0 saturated carbocycles. The van der Waals surface area contributed by atoms with Gasteiger partial charge in [-0.25, -0.2) is 0 Å². The van der Waals surface area contributed by atoms with E-state index in [4.69, 9.17) is 0 Å². The first-order valence-corrected chi connectivity index (χ1v) is 8.10. The molecule has 0 saturated heterocycles. The van der Waals surface area contributed by atoms with Crippen molar-refractivity contribution in [2.24, 2.45) is 5.41 Å². The fourth-order valence-corrected chi connectivity index (χ4v) is 3.18. The normalized spacial score (nSPS) is 23.7. The van der Waals surface area contributed by atoms with E-state index in [0.717, 1.165) is 24.9 Å². The molecular weight excluding hydrogens is 242 g/mol. The molecule has 0 aliphatic heterocycles. The zero-order valence-electron chi connectivity index (χ0n) is 11.9. The van der Waals surface area contributed by atoms with Crippen molar-refractivity contribution in [1.29, 1.82) is 0 Å². The van der Waals surface area contributed by atoms with Crippen molar-refractivity contribution in [3.8, 4) is 0 Å². The zero-order valence-corrected chi connectivity index (χ0v) is 12.8. The maximum atomic E-state index is 10.2. The number of nitrogens with zero attached hydrogens (tertiary/aromatic N) is 1. The third kappa shape index (κ3) is 2.94. The number of hydrogen-bond acceptors (Lipinski definition) is 2. The van der Waals surface area contributed by atoms with Crippen LogP contribution in [0.4, 0.5) is 0 Å². The lowest BCUT2D eigenvalue weighted by Crippen LogP contribution is -2.27. The number of aromatic nitrogens is 1. The van der Waals surface area contributed by atoms with Crippen LogP contribution in [0.5, 0.6) is 0 Å². The van der Waals surface area contributed by atoms with Crippen LogP contribution < -0.4 is 0 Å². The molecule has 0 spiro atoms. The number of aliphatic hydroxyl groups excluding tert-OH is 1. The molecule has 1 heterocycles. The Balaban J connectivity index is 2.15. The Labute approximate surface area is 115 Å². The molecule has 18 heavy (non-hydrogen) atoms. The molecule has 2 nitrogen and oxygen atoms in total. The number of fused-ring (bicyclic) bond motifs is 1. The summed E-state index contributed by atoms with van der Waals surface area (Å²) in [6, 6.07) is 2.11. The molecular formula is C15H25NOS. The SMILES string of the molecule is CSC(C)CCn1ccc2c1CC(C)(C)CC2O. The third-order valence-electron chi connectivity index (χ3n) is 4.04. The molecule has 1 aromatic rings. The number of thioether (sulfide) groups is 1. The first-order chi connectivity index (χ1) is 8.43. The Morgan fingerprint density at radius 2 is 2.28 bits per heavy atom. The highest BCUT2D eigenvalue weighted by atomic mass is 32.2. The van der Waals surface area contributed by atoms with E-state index in [9.17, 15) is 5.11 Å². The van der Waals surface area contributed by atoms with Crippen LogP contribution in [-0.4, -0.2) is 21.2 Å². The molecule has 1 aromatic heterocycles. The second-order valence-corrected chi connectivity index (χ2v) is 7.58. The van der Waals surface area contributed by atoms with Gasteiger partial charge in [-0.05, 0) is 37.0 Å². The molecule has 102 valence electrons. The summed E-state index contributed by atoms with van der Waals surface area (Å²) in [4.78, 5) is 0. The second-order valence-electron chi connectivity index (χ2n) is 6.31. The molecule has 1 aliphatic carbocycles. The van der Waals surface area contributed by atoms with Crippen LogP contribution in [0.25, 0.3) is 0 Å². The lowest BCUT2D eigenvalue weighted by Gasteiger charge is -2.34. The topological polar surface area (TPSA) is 25.2 Å². The Morgan fingerprint density at radius 1 is 1.56 bits per heavy atom. The predicted molar refractivity (Wildman–Crippen MR) is 79.1 cm³/mol. The standard InChI is InChI=1S/C15H25NOS/c1-11(18-4)5-7-16-8-6-12-13(16)9-15(2,3)10-14(12)17/h6,8,11,14,17H,5,7,9-10H2,1-4H3. The van der Waals surface area contributed by atoms with Crippen molar-refractivity contribution in [1.82, 2.24) is 4.57 Å². The van der Waals surface area contributed by atoms with E-state index in [0.29, 0.717) is 5.25 Å². The van der Waals surface area contributed by atoms with E-state index >= 15 is 0 Å². The fraction of sp³-hybridized carbons (Fsp3) is 0.733. The molecule has 1 aliphatic rings. The van der Waals surface area contributed by atoms with E-state index < -0.39 is 0 Å². The quantitative estimate of drug-likeness (QED) is 0.901. The van der Waals surface area contributed by atoms with Gasteiger partial charge in [-0.15, -0.1) is 0 Å². The minimum Gasteiger partial charge on any atom is -0.388 e. The van der Waals surface area contributed by atoms with Gasteiger partial charge in [0.1, 0.15) is 0 Å². The smallest absolute Gasteiger partial charge is 0.0812 e. The first kappa shape index (κ1) is 14.0. The molecule has 0 aromatic carbocycles. The largest absolute Gasteiger partial charge is 0.388 e. The summed E-state index contributed by atoms with van der Waals surface area (Å²) in [5.74, 6) is 0. The van der Waals surface area contributed by atoms with Crippen molar-refractivity contribution < 1.29 is 5.11 Å². The fourth-order valence-electron chi connectivity index (χ4n) is 2.84. The summed E-state index contributed by atoms with van der Waals surface area (Å²) < 4.78 is 2.35. The van der Waals surface area contributed by atoms with Crippen molar-refractivity contribution in [3.63, 3.8) is 0 Å². The van der Waals surface area contributed by atoms with Crippen molar-refractivity contribution in [2.75, 3.05) is 6.26 Å². The van der Waals surface area contributed by atoms with Gasteiger partial charge < -0.3 is 9.67 Å². The van der Waals surface area contributed by atoms with E-state index in [1.54, 1.807) is 0 Å². The van der Waals surface area contributed by atoms with E-state index in [1.165, 1.54) is 12.1 Å². The van der Waals surface area contributed by atoms with Gasteiger partial charge in [0.05, 0.1) is 6.10 Å². The summed E-state index contributed by atoms with van der Waals surface area (Å²) in [7, 11) is 0. The Bertz CT molecular complexity index is 411. The van der Waals surface area contributed by atoms with Crippen LogP contribution in [0.1, 0.15) is 51.0 Å². The van der Waals surface area contributed by atoms with Gasteiger partial charge in [0.15, 0.2) is 0 Å². The van der Waals surface area contributed by atoms with Gasteiger partial charge in [0.25, 0.3) is 0 Å². The van der Waals surface area contributed by atoms with Crippen LogP contribution in [-0.2, 0) is 13.0 Å². The van der Waals surface area contributed by atoms with Crippen molar-refractivity contribution in [3.05, 3.63) is 23.5 Å². The number of hydrogen-bond donors (Lipinski definition) is 1. The third-order valence-corrected chi connectivity index (χ3v) is 5.08. The van der Waals surface area contributed by atoms with E-state index in [-0.39, 0.29) is 11.5 Å². The summed E-state index contributed by atoms with van der Waals surface area (Å²) >= 11 is 1.92. The number of rotatable bonds is 4. The van der Waals surface area contributed by atoms with Crippen LogP contribution in [0.3, 0.4) is 0 Å². The lowest BCUT2D eigenvalue weighted by molar-refractivity contribution is 0.0979. The molecule has 0 amide bonds. The average Bonchev–Trinajstić information content (AvgIpc) is 2.67. The summed E-state index contributed by atoms with van der Waals surface area (Å²) in [6.45, 7) is 7.85. The average molecular weight is 267 g/mol. The number of aryl methyl sites for hydroxylation is 1. The highest BCUT2D eigenvalue weighted by molar-refractivity contribution is 7.99. The molecule has 0 radical (unpaired) electrons. The minimum atomic E-state index is -0.275. The van der Waals surface area contributed by atoms with Gasteiger partial charge >= 0.3 is 0 Å². The van der Waals surface area contributed by atoms with Crippen molar-refractivity contribution in [2.45, 2.75) is 57.9 Å². The molecule has 2 atom stereocenters. The maximum absolute atomic E-state index is 10.2. The minimum absolute atomic E-state index is 0.216. The van der Waals surface area contributed by atoms with E-state index in [2.05, 4.69) is 43.9 Å². The van der Waals surface area contributed by atoms with E-state index in [1.807, 2.05) is 11.8 Å². The van der Waals surface area contributed by atoms with Gasteiger partial charge in [0, 0.05) is 29.2 Å². The lowest BCUT2D eigenvalue weighted by atomic mass is 9.75. The Morgan fingerprint density at radius 3 is 2.94 bits per heavy atom. The van der Waals surface area contributed by atoms with Crippen LogP contribution in [0.2, 0.25) is 0 Å². The molecule has 2 rings (SSSR count). The Kier molecular flexibility index (Phi) is 4.12. The highest BCUT2D eigenvalue weighted by Crippen LogP contribution is 2.41. The molecule has 0 fully saturated rings. The molecule has 3 heteroatoms. The first-order valence-electron chi connectivity index (χ1n) is 6.82. The monoisotopic (exact) mass is 267 g/mol. The highest BCUT2D eigenvalue weighted by Gasteiger charge is 2.33. The van der Waals surface area contributed by atoms with Gasteiger partial charge in [-0.3, -0.25) is 0 Å².